The minimum absolute atomic E-state index is 1.14. The maximum absolute atomic E-state index is 2.52. The zero-order valence-corrected chi connectivity index (χ0v) is 54.4. The summed E-state index contributed by atoms with van der Waals surface area (Å²) in [6, 6.07) is 133. The maximum Gasteiger partial charge on any atom is 0.0620 e. The highest BCUT2D eigenvalue weighted by atomic mass is 15.0. The van der Waals surface area contributed by atoms with Crippen LogP contribution in [0.5, 0.6) is 0 Å². The summed E-state index contributed by atoms with van der Waals surface area (Å²) < 4.78 is 9.87. The Morgan fingerprint density at radius 3 is 0.780 bits per heavy atom. The quantitative estimate of drug-likeness (QED) is 0.135. The lowest BCUT2D eigenvalue weighted by molar-refractivity contribution is 1.14. The Balaban J connectivity index is 0.000000138. The van der Waals surface area contributed by atoms with E-state index < -0.39 is 0 Å². The number of hydrogen-bond acceptors (Lipinski definition) is 0. The molecule has 464 valence electrons. The number of aromatic nitrogens is 4. The summed E-state index contributed by atoms with van der Waals surface area (Å²) in [6.07, 6.45) is 0. The van der Waals surface area contributed by atoms with E-state index in [2.05, 4.69) is 382 Å². The van der Waals surface area contributed by atoms with Crippen molar-refractivity contribution in [3.8, 4) is 67.5 Å². The fraction of sp³-hybridized carbons (Fsp3) is 0. The Kier molecular flexibility index (Phi) is 12.4. The number of hydrogen-bond donors (Lipinski definition) is 0. The van der Waals surface area contributed by atoms with Gasteiger partial charge in [-0.15, -0.1) is 0 Å². The van der Waals surface area contributed by atoms with Crippen LogP contribution in [0.4, 0.5) is 0 Å². The molecule has 0 fully saturated rings. The van der Waals surface area contributed by atoms with Gasteiger partial charge in [-0.1, -0.05) is 279 Å². The number of benzene rings is 18. The molecule has 4 nitrogen and oxygen atoms in total. The lowest BCUT2D eigenvalue weighted by atomic mass is 9.89. The van der Waals surface area contributed by atoms with Gasteiger partial charge in [0.2, 0.25) is 0 Å². The molecule has 0 N–H and O–H groups in total. The molecule has 18 aromatic carbocycles. The minimum atomic E-state index is 1.14. The molecule has 0 saturated heterocycles. The van der Waals surface area contributed by atoms with E-state index >= 15 is 0 Å². The van der Waals surface area contributed by atoms with Crippen LogP contribution in [0.2, 0.25) is 0 Å². The van der Waals surface area contributed by atoms with Crippen molar-refractivity contribution >= 4 is 130 Å². The predicted molar refractivity (Wildman–Crippen MR) is 424 cm³/mol. The number of nitrogens with zero attached hydrogens (tertiary/aromatic N) is 4. The highest BCUT2D eigenvalue weighted by Gasteiger charge is 2.29. The molecule has 0 atom stereocenters. The summed E-state index contributed by atoms with van der Waals surface area (Å²) in [5, 5.41) is 23.2. The van der Waals surface area contributed by atoms with E-state index in [-0.39, 0.29) is 0 Å². The summed E-state index contributed by atoms with van der Waals surface area (Å²) in [6.45, 7) is 0. The van der Waals surface area contributed by atoms with Crippen molar-refractivity contribution in [1.82, 2.24) is 18.3 Å². The molecule has 0 unspecified atom stereocenters. The molecule has 0 aliphatic carbocycles. The van der Waals surface area contributed by atoms with Crippen molar-refractivity contribution < 1.29 is 0 Å². The van der Waals surface area contributed by atoms with E-state index in [1.54, 1.807) is 0 Å². The zero-order valence-electron chi connectivity index (χ0n) is 54.4. The van der Waals surface area contributed by atoms with Crippen LogP contribution < -0.4 is 0 Å². The van der Waals surface area contributed by atoms with Gasteiger partial charge in [0, 0.05) is 77.0 Å². The minimum Gasteiger partial charge on any atom is -0.309 e. The first-order valence-electron chi connectivity index (χ1n) is 34.6. The van der Waals surface area contributed by atoms with E-state index in [9.17, 15) is 0 Å². The van der Waals surface area contributed by atoms with E-state index in [1.807, 2.05) is 0 Å². The SMILES string of the molecule is c1ccc(-c2c(-c3ccccc3)n(-c3ccccc3)c3c2cc2ccc4c5c(ccc3c25)cc2c(-c3ccccc3)c(-c3ccccc3)n(-c3ccccc3)c24)cc1.c1ccc(-n2c3ccccc3c3c4ccc5cc6c(c7ccc(cc32)c4c57)c2ccccc2n6-c2ccccc2)cc1. The molecule has 0 amide bonds. The van der Waals surface area contributed by atoms with Crippen LogP contribution >= 0.6 is 0 Å². The van der Waals surface area contributed by atoms with Gasteiger partial charge in [0.25, 0.3) is 0 Å². The van der Waals surface area contributed by atoms with Crippen LogP contribution in [0.25, 0.3) is 198 Å². The van der Waals surface area contributed by atoms with Crippen molar-refractivity contribution in [3.63, 3.8) is 0 Å². The van der Waals surface area contributed by atoms with Crippen LogP contribution in [0.3, 0.4) is 0 Å². The molecular weight excluding hydrogens is 1210 g/mol. The van der Waals surface area contributed by atoms with E-state index in [0.717, 1.165) is 11.4 Å². The normalized spacial score (nSPS) is 12.0. The summed E-state index contributed by atoms with van der Waals surface area (Å²) >= 11 is 0. The molecule has 4 aromatic heterocycles. The van der Waals surface area contributed by atoms with Gasteiger partial charge in [-0.2, -0.15) is 0 Å². The fourth-order valence-corrected chi connectivity index (χ4v) is 17.3. The highest BCUT2D eigenvalue weighted by Crippen LogP contribution is 2.53. The molecule has 100 heavy (non-hydrogen) atoms. The number of fused-ring (bicyclic) bond motifs is 12. The monoisotopic (exact) mass is 1270 g/mol. The summed E-state index contributed by atoms with van der Waals surface area (Å²) in [5.74, 6) is 0. The van der Waals surface area contributed by atoms with Crippen LogP contribution in [0.15, 0.2) is 364 Å². The Morgan fingerprint density at radius 2 is 0.430 bits per heavy atom. The maximum atomic E-state index is 2.52. The molecule has 0 bridgehead atoms. The van der Waals surface area contributed by atoms with E-state index in [4.69, 9.17) is 0 Å². The van der Waals surface area contributed by atoms with Crippen molar-refractivity contribution in [2.75, 3.05) is 0 Å². The smallest absolute Gasteiger partial charge is 0.0620 e. The Labute approximate surface area is 576 Å². The van der Waals surface area contributed by atoms with Gasteiger partial charge in [-0.3, -0.25) is 0 Å². The van der Waals surface area contributed by atoms with Crippen molar-refractivity contribution in [2.45, 2.75) is 0 Å². The number of rotatable bonds is 8. The lowest BCUT2D eigenvalue weighted by Gasteiger charge is -2.17. The third kappa shape index (κ3) is 8.22. The molecular formula is C96H60N4. The van der Waals surface area contributed by atoms with E-state index in [1.165, 1.54) is 186 Å². The average molecular weight is 1270 g/mol. The summed E-state index contributed by atoms with van der Waals surface area (Å²) in [5.41, 5.74) is 21.8. The predicted octanol–water partition coefficient (Wildman–Crippen LogP) is 25.9. The van der Waals surface area contributed by atoms with Gasteiger partial charge in [0.15, 0.2) is 0 Å². The largest absolute Gasteiger partial charge is 0.309 e. The molecule has 22 rings (SSSR count). The Morgan fingerprint density at radius 1 is 0.160 bits per heavy atom. The van der Waals surface area contributed by atoms with Crippen LogP contribution in [0.1, 0.15) is 0 Å². The van der Waals surface area contributed by atoms with Gasteiger partial charge in [-0.05, 0) is 161 Å². The Hall–Kier alpha value is -13.3. The summed E-state index contributed by atoms with van der Waals surface area (Å²) in [7, 11) is 0. The van der Waals surface area contributed by atoms with Crippen molar-refractivity contribution in [2.24, 2.45) is 0 Å². The second-order valence-corrected chi connectivity index (χ2v) is 26.6. The van der Waals surface area contributed by atoms with E-state index in [0.29, 0.717) is 0 Å². The molecule has 0 spiro atoms. The molecule has 0 aliphatic rings. The first-order chi connectivity index (χ1) is 49.7. The Bertz CT molecular complexity index is 6510. The van der Waals surface area contributed by atoms with Gasteiger partial charge in [0.1, 0.15) is 0 Å². The van der Waals surface area contributed by atoms with Crippen LogP contribution in [-0.4, -0.2) is 18.3 Å². The van der Waals surface area contributed by atoms with Crippen LogP contribution in [-0.2, 0) is 0 Å². The lowest BCUT2D eigenvalue weighted by Crippen LogP contribution is -1.99. The molecule has 0 aliphatic heterocycles. The highest BCUT2D eigenvalue weighted by molar-refractivity contribution is 6.38. The first-order valence-corrected chi connectivity index (χ1v) is 34.6. The second kappa shape index (κ2) is 22.1. The molecule has 0 saturated carbocycles. The molecule has 4 heterocycles. The molecule has 22 aromatic rings. The van der Waals surface area contributed by atoms with Gasteiger partial charge in [-0.25, -0.2) is 0 Å². The first kappa shape index (κ1) is 55.9. The third-order valence-corrected chi connectivity index (χ3v) is 21.2. The average Bonchev–Trinajstić information content (AvgIpc) is 1.47. The zero-order chi connectivity index (χ0) is 65.5. The third-order valence-electron chi connectivity index (χ3n) is 21.2. The van der Waals surface area contributed by atoms with Gasteiger partial charge >= 0.3 is 0 Å². The fourth-order valence-electron chi connectivity index (χ4n) is 17.3. The molecule has 4 heteroatoms. The standard InChI is InChI=1S/C56H36N2.C40H24N2/c1-7-19-37(20-8-1)51-47-35-41-31-34-46-50-42(32-33-45(49(41)50)55(47)57(43-27-15-5-16-28-43)53(51)39-23-11-3-12-24-39)36-48-52(38-21-9-2-10-22-38)54(40-25-13-4-14-26-40)58(56(46)48)44-29-17-6-18-30-44;1-3-11-27(12-4-1)41-33-17-9-7-15-29(33)39-31-21-20-26-24-36-40(32-22-19-25(23-35(39)41)37(31)38(26)32)30-16-8-10-18-34(30)42(36)28-13-5-2-6-14-28/h1-36H;1-24H. The number of para-hydroxylation sites is 6. The van der Waals surface area contributed by atoms with Crippen molar-refractivity contribution in [1.29, 1.82) is 0 Å². The summed E-state index contributed by atoms with van der Waals surface area (Å²) in [4.78, 5) is 0. The van der Waals surface area contributed by atoms with Gasteiger partial charge in [0.05, 0.1) is 44.5 Å². The molecule has 0 radical (unpaired) electrons. The van der Waals surface area contributed by atoms with Crippen LogP contribution in [0, 0.1) is 0 Å². The van der Waals surface area contributed by atoms with Gasteiger partial charge < -0.3 is 18.3 Å². The van der Waals surface area contributed by atoms with Crippen molar-refractivity contribution in [3.05, 3.63) is 364 Å². The second-order valence-electron chi connectivity index (χ2n) is 26.6. The topological polar surface area (TPSA) is 19.7 Å².